The van der Waals surface area contributed by atoms with Crippen LogP contribution in [0.4, 0.5) is 13.2 Å². The molecule has 7 heteroatoms. The van der Waals surface area contributed by atoms with Gasteiger partial charge in [0.1, 0.15) is 0 Å². The van der Waals surface area contributed by atoms with Crippen LogP contribution in [0.2, 0.25) is 0 Å². The van der Waals surface area contributed by atoms with E-state index >= 15 is 0 Å². The van der Waals surface area contributed by atoms with Gasteiger partial charge >= 0.3 is 6.18 Å². The first-order chi connectivity index (χ1) is 8.79. The van der Waals surface area contributed by atoms with Crippen LogP contribution in [0.5, 0.6) is 0 Å². The summed E-state index contributed by atoms with van der Waals surface area (Å²) in [5, 5.41) is 0.578. The number of nitrogens with two attached hydrogens (primary N) is 1. The monoisotopic (exact) mass is 306 g/mol. The molecular weight excluding hydrogens is 293 g/mol. The molecule has 110 valence electrons. The quantitative estimate of drug-likeness (QED) is 0.920. The fourth-order valence-electron chi connectivity index (χ4n) is 2.12. The summed E-state index contributed by atoms with van der Waals surface area (Å²) in [6, 6.07) is 5.60. The lowest BCUT2D eigenvalue weighted by atomic mass is 10.0. The number of carbonyl (C=O) groups excluding carboxylic acids is 1. The Morgan fingerprint density at radius 1 is 1.35 bits per heavy atom. The Morgan fingerprint density at radius 2 is 1.95 bits per heavy atom. The number of nitrogens with zero attached hydrogens (tertiary/aromatic N) is 1. The largest absolute Gasteiger partial charge is 0.390 e. The SMILES string of the molecule is CC(=O)n1cc([C@@H](N)CC(F)(F)F)c2ccccc21.Cl. The van der Waals surface area contributed by atoms with E-state index in [-0.39, 0.29) is 18.3 Å². The zero-order valence-electron chi connectivity index (χ0n) is 10.6. The highest BCUT2D eigenvalue weighted by atomic mass is 35.5. The van der Waals surface area contributed by atoms with Crippen molar-refractivity contribution in [2.24, 2.45) is 5.73 Å². The minimum atomic E-state index is -4.33. The van der Waals surface area contributed by atoms with Crippen molar-refractivity contribution >= 4 is 29.2 Å². The van der Waals surface area contributed by atoms with Gasteiger partial charge in [0, 0.05) is 24.5 Å². The molecule has 2 aromatic rings. The van der Waals surface area contributed by atoms with Crippen LogP contribution in [0, 0.1) is 0 Å². The highest BCUT2D eigenvalue weighted by molar-refractivity contribution is 5.93. The molecule has 0 unspecified atom stereocenters. The lowest BCUT2D eigenvalue weighted by Crippen LogP contribution is -2.20. The number of hydrogen-bond donors (Lipinski definition) is 1. The zero-order valence-corrected chi connectivity index (χ0v) is 11.5. The molecule has 0 saturated heterocycles. The van der Waals surface area contributed by atoms with Crippen molar-refractivity contribution in [2.75, 3.05) is 0 Å². The zero-order chi connectivity index (χ0) is 14.2. The number of alkyl halides is 3. The number of halogens is 4. The predicted octanol–water partition coefficient (Wildman–Crippen LogP) is 3.68. The Balaban J connectivity index is 0.00000200. The van der Waals surface area contributed by atoms with Gasteiger partial charge in [-0.15, -0.1) is 12.4 Å². The van der Waals surface area contributed by atoms with Gasteiger partial charge in [0.05, 0.1) is 11.9 Å². The Kier molecular flexibility index (Phi) is 4.83. The molecule has 1 atom stereocenters. The Hall–Kier alpha value is -1.53. The van der Waals surface area contributed by atoms with Crippen LogP contribution >= 0.6 is 12.4 Å². The van der Waals surface area contributed by atoms with E-state index in [0.717, 1.165) is 0 Å². The van der Waals surface area contributed by atoms with Crippen LogP contribution in [-0.4, -0.2) is 16.7 Å². The van der Waals surface area contributed by atoms with Gasteiger partial charge in [-0.3, -0.25) is 9.36 Å². The van der Waals surface area contributed by atoms with E-state index < -0.39 is 18.6 Å². The van der Waals surface area contributed by atoms with Gasteiger partial charge < -0.3 is 5.73 Å². The maximum atomic E-state index is 12.4. The first-order valence-electron chi connectivity index (χ1n) is 5.73. The molecule has 1 aromatic carbocycles. The van der Waals surface area contributed by atoms with Gasteiger partial charge in [-0.2, -0.15) is 13.2 Å². The summed E-state index contributed by atoms with van der Waals surface area (Å²) in [4.78, 5) is 11.5. The summed E-state index contributed by atoms with van der Waals surface area (Å²) in [7, 11) is 0. The van der Waals surface area contributed by atoms with Crippen LogP contribution in [0.3, 0.4) is 0 Å². The van der Waals surface area contributed by atoms with Gasteiger partial charge in [0.25, 0.3) is 0 Å². The van der Waals surface area contributed by atoms with Crippen LogP contribution in [0.15, 0.2) is 30.5 Å². The molecule has 0 amide bonds. The maximum Gasteiger partial charge on any atom is 0.390 e. The summed E-state index contributed by atoms with van der Waals surface area (Å²) in [6.45, 7) is 1.35. The fourth-order valence-corrected chi connectivity index (χ4v) is 2.12. The van der Waals surface area contributed by atoms with Gasteiger partial charge in [-0.25, -0.2) is 0 Å². The standard InChI is InChI=1S/C13H13F3N2O.ClH/c1-8(19)18-7-10(11(17)6-13(14,15)16)9-4-2-3-5-12(9)18;/h2-5,7,11H,6,17H2,1H3;1H/t11-;/m0./s1. The third-order valence-corrected chi connectivity index (χ3v) is 2.93. The number of benzene rings is 1. The number of rotatable bonds is 2. The molecule has 1 aromatic heterocycles. The van der Waals surface area contributed by atoms with Crippen molar-refractivity contribution in [1.29, 1.82) is 0 Å². The number of para-hydroxylation sites is 1. The molecule has 3 nitrogen and oxygen atoms in total. The van der Waals surface area contributed by atoms with Crippen molar-refractivity contribution in [3.63, 3.8) is 0 Å². The second-order valence-corrected chi connectivity index (χ2v) is 4.42. The molecule has 2 N–H and O–H groups in total. The van der Waals surface area contributed by atoms with E-state index in [1.165, 1.54) is 17.7 Å². The average Bonchev–Trinajstić information content (AvgIpc) is 2.66. The first kappa shape index (κ1) is 16.5. The van der Waals surface area contributed by atoms with Crippen molar-refractivity contribution in [2.45, 2.75) is 25.6 Å². The van der Waals surface area contributed by atoms with E-state index in [1.807, 2.05) is 0 Å². The molecule has 1 heterocycles. The second kappa shape index (κ2) is 5.85. The third-order valence-electron chi connectivity index (χ3n) is 2.93. The lowest BCUT2D eigenvalue weighted by Gasteiger charge is -2.13. The third kappa shape index (κ3) is 3.32. The summed E-state index contributed by atoms with van der Waals surface area (Å²) in [5.74, 6) is -0.262. The summed E-state index contributed by atoms with van der Waals surface area (Å²) in [5.41, 5.74) is 6.52. The lowest BCUT2D eigenvalue weighted by molar-refractivity contribution is -0.138. The van der Waals surface area contributed by atoms with E-state index in [9.17, 15) is 18.0 Å². The van der Waals surface area contributed by atoms with E-state index in [2.05, 4.69) is 0 Å². The topological polar surface area (TPSA) is 48.0 Å². The smallest absolute Gasteiger partial charge is 0.324 e. The van der Waals surface area contributed by atoms with E-state index in [0.29, 0.717) is 16.5 Å². The highest BCUT2D eigenvalue weighted by Crippen LogP contribution is 2.32. The van der Waals surface area contributed by atoms with Gasteiger partial charge in [-0.05, 0) is 11.6 Å². The van der Waals surface area contributed by atoms with Crippen molar-refractivity contribution in [3.05, 3.63) is 36.0 Å². The fraction of sp³-hybridized carbons (Fsp3) is 0.308. The molecule has 0 saturated carbocycles. The van der Waals surface area contributed by atoms with Gasteiger partial charge in [-0.1, -0.05) is 18.2 Å². The van der Waals surface area contributed by atoms with Crippen molar-refractivity contribution < 1.29 is 18.0 Å². The number of fused-ring (bicyclic) bond motifs is 1. The molecule has 0 fully saturated rings. The first-order valence-corrected chi connectivity index (χ1v) is 5.73. The predicted molar refractivity (Wildman–Crippen MR) is 73.1 cm³/mol. The summed E-state index contributed by atoms with van der Waals surface area (Å²) >= 11 is 0. The minimum Gasteiger partial charge on any atom is -0.324 e. The maximum absolute atomic E-state index is 12.4. The molecule has 2 rings (SSSR count). The van der Waals surface area contributed by atoms with Crippen LogP contribution < -0.4 is 5.73 Å². The molecule has 20 heavy (non-hydrogen) atoms. The van der Waals surface area contributed by atoms with E-state index in [1.54, 1.807) is 24.3 Å². The molecule has 0 aliphatic rings. The summed E-state index contributed by atoms with van der Waals surface area (Å²) in [6.07, 6.45) is -4.05. The normalized spacial score (nSPS) is 13.1. The van der Waals surface area contributed by atoms with Crippen molar-refractivity contribution in [1.82, 2.24) is 4.57 Å². The Morgan fingerprint density at radius 3 is 2.50 bits per heavy atom. The average molecular weight is 307 g/mol. The van der Waals surface area contributed by atoms with E-state index in [4.69, 9.17) is 5.73 Å². The number of carbonyl (C=O) groups is 1. The van der Waals surface area contributed by atoms with Crippen LogP contribution in [-0.2, 0) is 0 Å². The molecule has 0 aliphatic carbocycles. The Bertz CT molecular complexity index is 622. The number of aromatic nitrogens is 1. The van der Waals surface area contributed by atoms with Gasteiger partial charge in [0.15, 0.2) is 0 Å². The second-order valence-electron chi connectivity index (χ2n) is 4.42. The molecule has 0 spiro atoms. The van der Waals surface area contributed by atoms with Crippen LogP contribution in [0.25, 0.3) is 10.9 Å². The summed E-state index contributed by atoms with van der Waals surface area (Å²) < 4.78 is 38.5. The Labute approximate surface area is 120 Å². The molecule has 0 radical (unpaired) electrons. The molecule has 0 bridgehead atoms. The van der Waals surface area contributed by atoms with Crippen LogP contribution in [0.1, 0.15) is 29.7 Å². The van der Waals surface area contributed by atoms with Crippen molar-refractivity contribution in [3.8, 4) is 0 Å². The minimum absolute atomic E-state index is 0. The van der Waals surface area contributed by atoms with Gasteiger partial charge in [0.2, 0.25) is 5.91 Å². The number of hydrogen-bond acceptors (Lipinski definition) is 2. The molecule has 0 aliphatic heterocycles. The molecular formula is C13H14ClF3N2O. The highest BCUT2D eigenvalue weighted by Gasteiger charge is 2.32.